The summed E-state index contributed by atoms with van der Waals surface area (Å²) in [6, 6.07) is 7.07. The monoisotopic (exact) mass is 207 g/mol. The molecule has 0 amide bonds. The molecule has 0 aromatic heterocycles. The van der Waals surface area contributed by atoms with Gasteiger partial charge in [-0.3, -0.25) is 4.84 Å². The first-order valence-corrected chi connectivity index (χ1v) is 4.12. The molecule has 0 aliphatic rings. The summed E-state index contributed by atoms with van der Waals surface area (Å²) in [6.07, 6.45) is 2.60. The van der Waals surface area contributed by atoms with E-state index in [1.807, 2.05) is 5.34 Å². The molecule has 0 fully saturated rings. The third-order valence-electron chi connectivity index (χ3n) is 1.63. The van der Waals surface area contributed by atoms with Gasteiger partial charge in [0.1, 0.15) is 5.75 Å². The lowest BCUT2D eigenvalue weighted by molar-refractivity contribution is -0.137. The third-order valence-corrected chi connectivity index (χ3v) is 1.63. The van der Waals surface area contributed by atoms with Gasteiger partial charge in [-0.25, -0.2) is 4.79 Å². The lowest BCUT2D eigenvalue weighted by Crippen LogP contribution is -1.92. The van der Waals surface area contributed by atoms with Crippen molar-refractivity contribution in [3.8, 4) is 5.75 Å². The lowest BCUT2D eigenvalue weighted by atomic mass is 10.2. The predicted octanol–water partition coefficient (Wildman–Crippen LogP) is 1.93. The maximum atomic E-state index is 10.7. The van der Waals surface area contributed by atoms with Crippen molar-refractivity contribution < 1.29 is 14.4 Å². The summed E-state index contributed by atoms with van der Waals surface area (Å²) < 4.78 is 4.99. The van der Waals surface area contributed by atoms with Crippen LogP contribution in [0.3, 0.4) is 0 Å². The van der Waals surface area contributed by atoms with E-state index in [-0.39, 0.29) is 0 Å². The van der Waals surface area contributed by atoms with Crippen molar-refractivity contribution in [3.05, 3.63) is 40.8 Å². The smallest absolute Gasteiger partial charge is 0.362 e. The minimum atomic E-state index is -0.812. The predicted molar refractivity (Wildman–Crippen MR) is 53.9 cm³/mol. The van der Waals surface area contributed by atoms with Crippen LogP contribution in [0.4, 0.5) is 0 Å². The maximum absolute atomic E-state index is 10.7. The Labute approximate surface area is 86.2 Å². The van der Waals surface area contributed by atoms with E-state index < -0.39 is 5.97 Å². The number of nitrogens with zero attached hydrogens (tertiary/aromatic N) is 1. The van der Waals surface area contributed by atoms with Gasteiger partial charge >= 0.3 is 5.97 Å². The first-order valence-electron chi connectivity index (χ1n) is 4.12. The fourth-order valence-corrected chi connectivity index (χ4v) is 0.977. The van der Waals surface area contributed by atoms with Crippen molar-refractivity contribution in [1.29, 1.82) is 0 Å². The standard InChI is InChI=1S/C10H9NO4/c1-14-9-4-2-3-8(7-9)5-6-10(12)15-11-13/h2-7H,1H3/b6-5+. The first kappa shape index (κ1) is 10.9. The van der Waals surface area contributed by atoms with Crippen molar-refractivity contribution in [1.82, 2.24) is 0 Å². The van der Waals surface area contributed by atoms with Gasteiger partial charge < -0.3 is 4.74 Å². The highest BCUT2D eigenvalue weighted by atomic mass is 16.7. The van der Waals surface area contributed by atoms with Crippen LogP contribution in [0.15, 0.2) is 35.7 Å². The fourth-order valence-electron chi connectivity index (χ4n) is 0.977. The number of carbonyl (C=O) groups is 1. The number of ether oxygens (including phenoxy) is 1. The molecule has 0 saturated carbocycles. The lowest BCUT2D eigenvalue weighted by Gasteiger charge is -1.99. The van der Waals surface area contributed by atoms with Crippen molar-refractivity contribution in [2.45, 2.75) is 0 Å². The van der Waals surface area contributed by atoms with Crippen LogP contribution in [-0.4, -0.2) is 13.1 Å². The van der Waals surface area contributed by atoms with Crippen LogP contribution in [0.25, 0.3) is 6.08 Å². The zero-order valence-electron chi connectivity index (χ0n) is 8.04. The molecule has 0 radical (unpaired) electrons. The molecule has 5 nitrogen and oxygen atoms in total. The van der Waals surface area contributed by atoms with E-state index in [1.54, 1.807) is 31.4 Å². The molecular formula is C10H9NO4. The SMILES string of the molecule is COc1cccc(/C=C/C(=O)ON=O)c1. The van der Waals surface area contributed by atoms with Crippen molar-refractivity contribution in [3.63, 3.8) is 0 Å². The summed E-state index contributed by atoms with van der Waals surface area (Å²) in [6.45, 7) is 0. The van der Waals surface area contributed by atoms with Crippen LogP contribution >= 0.6 is 0 Å². The normalized spacial score (nSPS) is 9.93. The Hall–Kier alpha value is -2.17. The van der Waals surface area contributed by atoms with Gasteiger partial charge in [0.2, 0.25) is 0 Å². The Bertz CT molecular complexity index is 387. The van der Waals surface area contributed by atoms with Crippen LogP contribution in [0.2, 0.25) is 0 Å². The highest BCUT2D eigenvalue weighted by Gasteiger charge is 1.96. The second kappa shape index (κ2) is 5.54. The number of hydrogen-bond acceptors (Lipinski definition) is 5. The molecule has 0 aliphatic carbocycles. The minimum absolute atomic E-state index is 0.680. The van der Waals surface area contributed by atoms with E-state index in [0.29, 0.717) is 5.75 Å². The van der Waals surface area contributed by atoms with Gasteiger partial charge in [-0.1, -0.05) is 12.1 Å². The van der Waals surface area contributed by atoms with E-state index in [4.69, 9.17) is 4.74 Å². The van der Waals surface area contributed by atoms with E-state index >= 15 is 0 Å². The third kappa shape index (κ3) is 3.60. The number of hydrogen-bond donors (Lipinski definition) is 0. The Morgan fingerprint density at radius 3 is 2.93 bits per heavy atom. The summed E-state index contributed by atoms with van der Waals surface area (Å²) in [5.74, 6) is -0.133. The molecule has 0 N–H and O–H groups in total. The van der Waals surface area contributed by atoms with Crippen molar-refractivity contribution in [2.24, 2.45) is 5.34 Å². The summed E-state index contributed by atoms with van der Waals surface area (Å²) in [4.78, 5) is 24.1. The van der Waals surface area contributed by atoms with Gasteiger partial charge in [0.25, 0.3) is 0 Å². The van der Waals surface area contributed by atoms with Gasteiger partial charge in [0.15, 0.2) is 5.34 Å². The van der Waals surface area contributed by atoms with Crippen LogP contribution in [-0.2, 0) is 9.63 Å². The van der Waals surface area contributed by atoms with E-state index in [9.17, 15) is 9.70 Å². The molecule has 1 aromatic carbocycles. The van der Waals surface area contributed by atoms with Gasteiger partial charge in [0, 0.05) is 6.08 Å². The Kier molecular flexibility index (Phi) is 4.03. The van der Waals surface area contributed by atoms with Gasteiger partial charge in [-0.15, -0.1) is 4.91 Å². The molecule has 0 aliphatic heterocycles. The number of carbonyl (C=O) groups excluding carboxylic acids is 1. The van der Waals surface area contributed by atoms with Gasteiger partial charge in [-0.05, 0) is 23.8 Å². The second-order valence-electron chi connectivity index (χ2n) is 2.59. The number of benzene rings is 1. The number of rotatable bonds is 4. The highest BCUT2D eigenvalue weighted by Crippen LogP contribution is 2.13. The maximum Gasteiger partial charge on any atom is 0.362 e. The molecule has 0 saturated heterocycles. The molecule has 0 spiro atoms. The molecule has 1 rings (SSSR count). The summed E-state index contributed by atoms with van der Waals surface area (Å²) in [5, 5.41) is 2.01. The Balaban J connectivity index is 2.71. The molecule has 15 heavy (non-hydrogen) atoms. The molecule has 78 valence electrons. The summed E-state index contributed by atoms with van der Waals surface area (Å²) >= 11 is 0. The molecule has 0 heterocycles. The molecule has 5 heteroatoms. The molecular weight excluding hydrogens is 198 g/mol. The first-order chi connectivity index (χ1) is 7.26. The van der Waals surface area contributed by atoms with Crippen molar-refractivity contribution in [2.75, 3.05) is 7.11 Å². The molecule has 0 unspecified atom stereocenters. The highest BCUT2D eigenvalue weighted by molar-refractivity contribution is 5.86. The van der Waals surface area contributed by atoms with E-state index in [0.717, 1.165) is 11.6 Å². The zero-order chi connectivity index (χ0) is 11.1. The Morgan fingerprint density at radius 2 is 2.27 bits per heavy atom. The fraction of sp³-hybridized carbons (Fsp3) is 0.100. The van der Waals surface area contributed by atoms with Crippen molar-refractivity contribution >= 4 is 12.0 Å². The second-order valence-corrected chi connectivity index (χ2v) is 2.59. The van der Waals surface area contributed by atoms with Crippen LogP contribution in [0.1, 0.15) is 5.56 Å². The summed E-state index contributed by atoms with van der Waals surface area (Å²) in [7, 11) is 1.55. The topological polar surface area (TPSA) is 65.0 Å². The largest absolute Gasteiger partial charge is 0.497 e. The van der Waals surface area contributed by atoms with Gasteiger partial charge in [0.05, 0.1) is 7.11 Å². The average Bonchev–Trinajstić information content (AvgIpc) is 2.27. The number of methoxy groups -OCH3 is 1. The molecule has 0 bridgehead atoms. The average molecular weight is 207 g/mol. The van der Waals surface area contributed by atoms with E-state index in [1.165, 1.54) is 6.08 Å². The quantitative estimate of drug-likeness (QED) is 0.430. The van der Waals surface area contributed by atoms with Crippen LogP contribution in [0.5, 0.6) is 5.75 Å². The molecule has 1 aromatic rings. The van der Waals surface area contributed by atoms with E-state index in [2.05, 4.69) is 4.84 Å². The minimum Gasteiger partial charge on any atom is -0.497 e. The van der Waals surface area contributed by atoms with Gasteiger partial charge in [-0.2, -0.15) is 0 Å². The summed E-state index contributed by atoms with van der Waals surface area (Å²) in [5.41, 5.74) is 0.761. The molecule has 0 atom stereocenters. The van der Waals surface area contributed by atoms with Crippen LogP contribution in [0, 0.1) is 4.91 Å². The zero-order valence-corrected chi connectivity index (χ0v) is 8.04. The van der Waals surface area contributed by atoms with Crippen LogP contribution < -0.4 is 4.74 Å². The Morgan fingerprint density at radius 1 is 1.47 bits per heavy atom.